The van der Waals surface area contributed by atoms with E-state index in [2.05, 4.69) is 14.9 Å². The predicted octanol–water partition coefficient (Wildman–Crippen LogP) is 1.78. The fraction of sp³-hybridized carbons (Fsp3) is 0.375. The Bertz CT molecular complexity index is 758. The molecule has 2 heterocycles. The van der Waals surface area contributed by atoms with Gasteiger partial charge in [-0.3, -0.25) is 9.69 Å². The number of ether oxygens (including phenoxy) is 1. The van der Waals surface area contributed by atoms with E-state index in [1.807, 2.05) is 6.07 Å². The van der Waals surface area contributed by atoms with E-state index >= 15 is 0 Å². The van der Waals surface area contributed by atoms with Crippen molar-refractivity contribution in [3.05, 3.63) is 57.0 Å². The zero-order valence-electron chi connectivity index (χ0n) is 12.6. The van der Waals surface area contributed by atoms with E-state index in [1.54, 1.807) is 13.0 Å². The molecule has 1 aliphatic heterocycles. The molecule has 22 heavy (non-hydrogen) atoms. The summed E-state index contributed by atoms with van der Waals surface area (Å²) in [4.78, 5) is 21.3. The van der Waals surface area contributed by atoms with Crippen LogP contribution in [0.1, 0.15) is 22.6 Å². The number of hydrogen-bond acceptors (Lipinski definition) is 4. The lowest BCUT2D eigenvalue weighted by Crippen LogP contribution is -2.35. The number of benzene rings is 1. The summed E-state index contributed by atoms with van der Waals surface area (Å²) in [6.07, 6.45) is 0.735. The SMILES string of the molecule is COc1ccc(CN2CCc3nc(C)[nH]c(=O)c3C2)cc1F. The molecule has 0 spiro atoms. The van der Waals surface area contributed by atoms with Gasteiger partial charge in [0.1, 0.15) is 5.82 Å². The van der Waals surface area contributed by atoms with E-state index < -0.39 is 0 Å². The third-order valence-corrected chi connectivity index (χ3v) is 3.89. The first-order chi connectivity index (χ1) is 10.6. The molecule has 0 fully saturated rings. The number of nitrogens with one attached hydrogen (secondary N) is 1. The summed E-state index contributed by atoms with van der Waals surface area (Å²) in [5, 5.41) is 0. The van der Waals surface area contributed by atoms with Gasteiger partial charge in [-0.2, -0.15) is 0 Å². The van der Waals surface area contributed by atoms with E-state index in [1.165, 1.54) is 13.2 Å². The van der Waals surface area contributed by atoms with Crippen molar-refractivity contribution in [2.24, 2.45) is 0 Å². The van der Waals surface area contributed by atoms with Crippen LogP contribution >= 0.6 is 0 Å². The Morgan fingerprint density at radius 2 is 2.27 bits per heavy atom. The summed E-state index contributed by atoms with van der Waals surface area (Å²) in [6, 6.07) is 4.95. The molecule has 1 aromatic heterocycles. The molecular weight excluding hydrogens is 285 g/mol. The Morgan fingerprint density at radius 3 is 3.00 bits per heavy atom. The predicted molar refractivity (Wildman–Crippen MR) is 80.4 cm³/mol. The minimum atomic E-state index is -0.368. The van der Waals surface area contributed by atoms with E-state index in [9.17, 15) is 9.18 Å². The first kappa shape index (κ1) is 14.7. The molecule has 2 aromatic rings. The maximum Gasteiger partial charge on any atom is 0.255 e. The average molecular weight is 303 g/mol. The van der Waals surface area contributed by atoms with Crippen molar-refractivity contribution < 1.29 is 9.13 Å². The Labute approximate surface area is 127 Å². The maximum atomic E-state index is 13.7. The molecule has 0 saturated carbocycles. The lowest BCUT2D eigenvalue weighted by atomic mass is 10.1. The lowest BCUT2D eigenvalue weighted by molar-refractivity contribution is 0.241. The van der Waals surface area contributed by atoms with E-state index in [-0.39, 0.29) is 17.1 Å². The van der Waals surface area contributed by atoms with Crippen LogP contribution in [-0.2, 0) is 19.5 Å². The second-order valence-corrected chi connectivity index (χ2v) is 5.51. The highest BCUT2D eigenvalue weighted by Gasteiger charge is 2.21. The van der Waals surface area contributed by atoms with Gasteiger partial charge in [0.2, 0.25) is 0 Å². The van der Waals surface area contributed by atoms with Crippen LogP contribution in [-0.4, -0.2) is 28.5 Å². The molecule has 0 bridgehead atoms. The number of fused-ring (bicyclic) bond motifs is 1. The van der Waals surface area contributed by atoms with Gasteiger partial charge in [-0.05, 0) is 24.6 Å². The summed E-state index contributed by atoms with van der Waals surface area (Å²) < 4.78 is 18.7. The summed E-state index contributed by atoms with van der Waals surface area (Å²) in [7, 11) is 1.45. The number of halogens is 1. The molecule has 6 heteroatoms. The summed E-state index contributed by atoms with van der Waals surface area (Å²) >= 11 is 0. The highest BCUT2D eigenvalue weighted by atomic mass is 19.1. The van der Waals surface area contributed by atoms with E-state index in [0.29, 0.717) is 24.5 Å². The summed E-state index contributed by atoms with van der Waals surface area (Å²) in [6.45, 7) is 3.71. The van der Waals surface area contributed by atoms with E-state index in [4.69, 9.17) is 4.74 Å². The Balaban J connectivity index is 1.78. The van der Waals surface area contributed by atoms with Crippen LogP contribution in [0.2, 0.25) is 0 Å². The van der Waals surface area contributed by atoms with Gasteiger partial charge < -0.3 is 9.72 Å². The molecule has 1 aromatic carbocycles. The Kier molecular flexibility index (Phi) is 3.94. The van der Waals surface area contributed by atoms with E-state index in [0.717, 1.165) is 24.2 Å². The fourth-order valence-electron chi connectivity index (χ4n) is 2.81. The minimum Gasteiger partial charge on any atom is -0.494 e. The molecule has 5 nitrogen and oxygen atoms in total. The topological polar surface area (TPSA) is 58.2 Å². The van der Waals surface area contributed by atoms with Gasteiger partial charge in [0, 0.05) is 26.1 Å². The van der Waals surface area contributed by atoms with Crippen LogP contribution in [0, 0.1) is 12.7 Å². The number of aryl methyl sites for hydroxylation is 1. The number of aromatic amines is 1. The second kappa shape index (κ2) is 5.88. The number of nitrogens with zero attached hydrogens (tertiary/aromatic N) is 2. The monoisotopic (exact) mass is 303 g/mol. The van der Waals surface area contributed by atoms with Gasteiger partial charge in [0.05, 0.1) is 18.4 Å². The second-order valence-electron chi connectivity index (χ2n) is 5.51. The summed E-state index contributed by atoms with van der Waals surface area (Å²) in [5.74, 6) is 0.519. The zero-order valence-corrected chi connectivity index (χ0v) is 12.6. The van der Waals surface area contributed by atoms with Crippen molar-refractivity contribution in [1.29, 1.82) is 0 Å². The van der Waals surface area contributed by atoms with Crippen molar-refractivity contribution in [2.75, 3.05) is 13.7 Å². The van der Waals surface area contributed by atoms with Crippen LogP contribution in [0.15, 0.2) is 23.0 Å². The van der Waals surface area contributed by atoms with Crippen LogP contribution in [0.25, 0.3) is 0 Å². The van der Waals surface area contributed by atoms with Crippen LogP contribution < -0.4 is 10.3 Å². The van der Waals surface area contributed by atoms with Gasteiger partial charge in [-0.1, -0.05) is 6.07 Å². The third kappa shape index (κ3) is 2.87. The molecule has 116 valence electrons. The smallest absolute Gasteiger partial charge is 0.255 e. The number of hydrogen-bond donors (Lipinski definition) is 1. The first-order valence-electron chi connectivity index (χ1n) is 7.20. The zero-order chi connectivity index (χ0) is 15.7. The Morgan fingerprint density at radius 1 is 1.45 bits per heavy atom. The molecule has 1 N–H and O–H groups in total. The van der Waals surface area contributed by atoms with Crippen molar-refractivity contribution in [1.82, 2.24) is 14.9 Å². The molecule has 0 aliphatic carbocycles. The standard InChI is InChI=1S/C16H18FN3O2/c1-10-18-14-5-6-20(9-12(14)16(21)19-10)8-11-3-4-15(22-2)13(17)7-11/h3-4,7H,5-6,8-9H2,1-2H3,(H,18,19,21). The van der Waals surface area contributed by atoms with Gasteiger partial charge in [-0.15, -0.1) is 0 Å². The number of methoxy groups -OCH3 is 1. The first-order valence-corrected chi connectivity index (χ1v) is 7.20. The maximum absolute atomic E-state index is 13.7. The average Bonchev–Trinajstić information content (AvgIpc) is 2.48. The summed E-state index contributed by atoms with van der Waals surface area (Å²) in [5.41, 5.74) is 2.37. The molecule has 0 unspecified atom stereocenters. The van der Waals surface area contributed by atoms with Crippen LogP contribution in [0.4, 0.5) is 4.39 Å². The molecule has 0 amide bonds. The van der Waals surface area contributed by atoms with Crippen molar-refractivity contribution >= 4 is 0 Å². The minimum absolute atomic E-state index is 0.0758. The molecule has 0 radical (unpaired) electrons. The van der Waals surface area contributed by atoms with Gasteiger partial charge >= 0.3 is 0 Å². The highest BCUT2D eigenvalue weighted by Crippen LogP contribution is 2.21. The molecule has 0 atom stereocenters. The fourth-order valence-corrected chi connectivity index (χ4v) is 2.81. The lowest BCUT2D eigenvalue weighted by Gasteiger charge is -2.27. The van der Waals surface area contributed by atoms with Crippen molar-refractivity contribution in [2.45, 2.75) is 26.4 Å². The van der Waals surface area contributed by atoms with Crippen molar-refractivity contribution in [3.8, 4) is 5.75 Å². The van der Waals surface area contributed by atoms with Gasteiger partial charge in [0.15, 0.2) is 11.6 Å². The number of H-pyrrole nitrogens is 1. The largest absolute Gasteiger partial charge is 0.494 e. The van der Waals surface area contributed by atoms with Crippen molar-refractivity contribution in [3.63, 3.8) is 0 Å². The van der Waals surface area contributed by atoms with Crippen LogP contribution in [0.3, 0.4) is 0 Å². The van der Waals surface area contributed by atoms with Gasteiger partial charge in [-0.25, -0.2) is 9.37 Å². The third-order valence-electron chi connectivity index (χ3n) is 3.89. The number of rotatable bonds is 3. The van der Waals surface area contributed by atoms with Gasteiger partial charge in [0.25, 0.3) is 5.56 Å². The number of aromatic nitrogens is 2. The molecule has 3 rings (SSSR count). The highest BCUT2D eigenvalue weighted by molar-refractivity contribution is 5.29. The van der Waals surface area contributed by atoms with Crippen LogP contribution in [0.5, 0.6) is 5.75 Å². The molecule has 1 aliphatic rings. The normalized spacial score (nSPS) is 14.7. The Hall–Kier alpha value is -2.21. The quantitative estimate of drug-likeness (QED) is 0.939. The molecular formula is C16H18FN3O2. The molecule has 0 saturated heterocycles.